The number of aryl methyl sites for hydroxylation is 1. The fraction of sp³-hybridized carbons (Fsp3) is 0.600. The molecule has 0 saturated carbocycles. The summed E-state index contributed by atoms with van der Waals surface area (Å²) in [5.41, 5.74) is 7.26. The Bertz CT molecular complexity index is 367. The average molecular weight is 248 g/mol. The number of hydrogen-bond acceptors (Lipinski definition) is 3. The molecule has 1 fully saturated rings. The predicted molar refractivity (Wildman–Crippen MR) is 75.0 cm³/mol. The van der Waals surface area contributed by atoms with Crippen molar-refractivity contribution in [3.63, 3.8) is 0 Å². The molecule has 0 unspecified atom stereocenters. The smallest absolute Gasteiger partial charge is 0.122 e. The van der Waals surface area contributed by atoms with Gasteiger partial charge in [0.25, 0.3) is 0 Å². The van der Waals surface area contributed by atoms with Gasteiger partial charge >= 0.3 is 0 Å². The Labute approximate surface area is 110 Å². The molecule has 3 heteroatoms. The van der Waals surface area contributed by atoms with Gasteiger partial charge in [0.1, 0.15) is 12.4 Å². The minimum absolute atomic E-state index is 0.349. The van der Waals surface area contributed by atoms with Crippen LogP contribution in [-0.4, -0.2) is 37.2 Å². The predicted octanol–water partition coefficient (Wildman–Crippen LogP) is 2.05. The molecule has 1 aromatic rings. The van der Waals surface area contributed by atoms with Crippen molar-refractivity contribution in [2.75, 3.05) is 26.2 Å². The standard InChI is InChI=1S/C15H24N2O/c1-2-13-6-3-4-8-15(13)18-11-10-17-9-5-7-14(16)12-17/h3-4,6,8,14H,2,5,7,9-12,16H2,1H3/t14-/m0/s1. The van der Waals surface area contributed by atoms with E-state index >= 15 is 0 Å². The first-order chi connectivity index (χ1) is 8.79. The van der Waals surface area contributed by atoms with Gasteiger partial charge in [0.15, 0.2) is 0 Å². The van der Waals surface area contributed by atoms with E-state index in [0.29, 0.717) is 6.04 Å². The first kappa shape index (κ1) is 13.4. The summed E-state index contributed by atoms with van der Waals surface area (Å²) in [6, 6.07) is 8.63. The van der Waals surface area contributed by atoms with Crippen LogP contribution >= 0.6 is 0 Å². The zero-order valence-electron chi connectivity index (χ0n) is 11.3. The molecule has 0 aliphatic carbocycles. The summed E-state index contributed by atoms with van der Waals surface area (Å²) in [4.78, 5) is 2.41. The highest BCUT2D eigenvalue weighted by Gasteiger charge is 2.16. The third-order valence-electron chi connectivity index (χ3n) is 3.56. The summed E-state index contributed by atoms with van der Waals surface area (Å²) in [6.45, 7) is 6.06. The highest BCUT2D eigenvalue weighted by Crippen LogP contribution is 2.18. The van der Waals surface area contributed by atoms with Gasteiger partial charge in [-0.1, -0.05) is 25.1 Å². The quantitative estimate of drug-likeness (QED) is 0.866. The molecule has 0 amide bonds. The average Bonchev–Trinajstić information content (AvgIpc) is 2.39. The van der Waals surface area contributed by atoms with Crippen LogP contribution in [-0.2, 0) is 6.42 Å². The fourth-order valence-electron chi connectivity index (χ4n) is 2.52. The van der Waals surface area contributed by atoms with Crippen molar-refractivity contribution < 1.29 is 4.74 Å². The molecule has 0 spiro atoms. The first-order valence-corrected chi connectivity index (χ1v) is 6.98. The van der Waals surface area contributed by atoms with Crippen LogP contribution in [0.3, 0.4) is 0 Å². The Morgan fingerprint density at radius 3 is 3.00 bits per heavy atom. The summed E-state index contributed by atoms with van der Waals surface area (Å²) in [7, 11) is 0. The largest absolute Gasteiger partial charge is 0.492 e. The van der Waals surface area contributed by atoms with Crippen LogP contribution in [0.2, 0.25) is 0 Å². The molecule has 2 N–H and O–H groups in total. The molecule has 3 nitrogen and oxygen atoms in total. The van der Waals surface area contributed by atoms with Crippen LogP contribution in [0, 0.1) is 0 Å². The number of ether oxygens (including phenoxy) is 1. The Kier molecular flexibility index (Phi) is 5.02. The highest BCUT2D eigenvalue weighted by atomic mass is 16.5. The molecule has 1 aliphatic heterocycles. The zero-order chi connectivity index (χ0) is 12.8. The number of benzene rings is 1. The molecular formula is C15H24N2O. The normalized spacial score (nSPS) is 20.9. The zero-order valence-corrected chi connectivity index (χ0v) is 11.3. The van der Waals surface area contributed by atoms with Crippen molar-refractivity contribution >= 4 is 0 Å². The van der Waals surface area contributed by atoms with Gasteiger partial charge in [-0.15, -0.1) is 0 Å². The number of nitrogens with zero attached hydrogens (tertiary/aromatic N) is 1. The molecule has 1 atom stereocenters. The molecule has 1 saturated heterocycles. The second-order valence-electron chi connectivity index (χ2n) is 5.01. The van der Waals surface area contributed by atoms with E-state index < -0.39 is 0 Å². The maximum absolute atomic E-state index is 5.97. The van der Waals surface area contributed by atoms with Gasteiger partial charge in [0.2, 0.25) is 0 Å². The minimum Gasteiger partial charge on any atom is -0.492 e. The van der Waals surface area contributed by atoms with Crippen molar-refractivity contribution in [2.45, 2.75) is 32.2 Å². The Hall–Kier alpha value is -1.06. The summed E-state index contributed by atoms with van der Waals surface area (Å²) in [6.07, 6.45) is 3.40. The molecule has 0 bridgehead atoms. The lowest BCUT2D eigenvalue weighted by Crippen LogP contribution is -2.44. The van der Waals surface area contributed by atoms with Crippen LogP contribution < -0.4 is 10.5 Å². The maximum Gasteiger partial charge on any atom is 0.122 e. The second-order valence-corrected chi connectivity index (χ2v) is 5.01. The SMILES string of the molecule is CCc1ccccc1OCCN1CCC[C@H](N)C1. The van der Waals surface area contributed by atoms with E-state index in [1.165, 1.54) is 12.0 Å². The number of hydrogen-bond donors (Lipinski definition) is 1. The Morgan fingerprint density at radius 2 is 2.22 bits per heavy atom. The fourth-order valence-corrected chi connectivity index (χ4v) is 2.52. The second kappa shape index (κ2) is 6.76. The Morgan fingerprint density at radius 1 is 1.39 bits per heavy atom. The van der Waals surface area contributed by atoms with E-state index in [0.717, 1.165) is 44.8 Å². The lowest BCUT2D eigenvalue weighted by Gasteiger charge is -2.30. The summed E-state index contributed by atoms with van der Waals surface area (Å²) in [5, 5.41) is 0. The number of likely N-dealkylation sites (tertiary alicyclic amines) is 1. The topological polar surface area (TPSA) is 38.5 Å². The summed E-state index contributed by atoms with van der Waals surface area (Å²) < 4.78 is 5.88. The van der Waals surface area contributed by atoms with Gasteiger partial charge in [0, 0.05) is 19.1 Å². The Balaban J connectivity index is 1.77. The number of rotatable bonds is 5. The molecular weight excluding hydrogens is 224 g/mol. The molecule has 100 valence electrons. The number of piperidine rings is 1. The monoisotopic (exact) mass is 248 g/mol. The van der Waals surface area contributed by atoms with Crippen molar-refractivity contribution in [2.24, 2.45) is 5.73 Å². The van der Waals surface area contributed by atoms with E-state index in [1.54, 1.807) is 0 Å². The molecule has 0 radical (unpaired) electrons. The number of nitrogens with two attached hydrogens (primary N) is 1. The van der Waals surface area contributed by atoms with E-state index in [1.807, 2.05) is 6.07 Å². The molecule has 1 heterocycles. The third-order valence-corrected chi connectivity index (χ3v) is 3.56. The van der Waals surface area contributed by atoms with E-state index in [2.05, 4.69) is 30.0 Å². The summed E-state index contributed by atoms with van der Waals surface area (Å²) in [5.74, 6) is 1.03. The van der Waals surface area contributed by atoms with Gasteiger partial charge in [0.05, 0.1) is 0 Å². The van der Waals surface area contributed by atoms with Gasteiger partial charge in [-0.3, -0.25) is 4.90 Å². The van der Waals surface area contributed by atoms with Crippen LogP contribution in [0.25, 0.3) is 0 Å². The maximum atomic E-state index is 5.97. The minimum atomic E-state index is 0.349. The van der Waals surface area contributed by atoms with Gasteiger partial charge in [-0.2, -0.15) is 0 Å². The first-order valence-electron chi connectivity index (χ1n) is 6.98. The molecule has 1 aromatic carbocycles. The number of para-hydroxylation sites is 1. The van der Waals surface area contributed by atoms with Crippen molar-refractivity contribution in [1.29, 1.82) is 0 Å². The third kappa shape index (κ3) is 3.72. The van der Waals surface area contributed by atoms with Gasteiger partial charge < -0.3 is 10.5 Å². The van der Waals surface area contributed by atoms with Crippen LogP contribution in [0.5, 0.6) is 5.75 Å². The lowest BCUT2D eigenvalue weighted by molar-refractivity contribution is 0.170. The highest BCUT2D eigenvalue weighted by molar-refractivity contribution is 5.33. The van der Waals surface area contributed by atoms with Gasteiger partial charge in [-0.25, -0.2) is 0 Å². The summed E-state index contributed by atoms with van der Waals surface area (Å²) >= 11 is 0. The van der Waals surface area contributed by atoms with Crippen molar-refractivity contribution in [3.8, 4) is 5.75 Å². The lowest BCUT2D eigenvalue weighted by atomic mass is 10.1. The van der Waals surface area contributed by atoms with Gasteiger partial charge in [-0.05, 0) is 37.4 Å². The molecule has 1 aliphatic rings. The van der Waals surface area contributed by atoms with E-state index in [4.69, 9.17) is 10.5 Å². The van der Waals surface area contributed by atoms with Crippen LogP contribution in [0.15, 0.2) is 24.3 Å². The van der Waals surface area contributed by atoms with Crippen LogP contribution in [0.1, 0.15) is 25.3 Å². The van der Waals surface area contributed by atoms with E-state index in [-0.39, 0.29) is 0 Å². The van der Waals surface area contributed by atoms with E-state index in [9.17, 15) is 0 Å². The molecule has 18 heavy (non-hydrogen) atoms. The van der Waals surface area contributed by atoms with Crippen molar-refractivity contribution in [1.82, 2.24) is 4.90 Å². The van der Waals surface area contributed by atoms with Crippen molar-refractivity contribution in [3.05, 3.63) is 29.8 Å². The molecule has 2 rings (SSSR count). The van der Waals surface area contributed by atoms with Crippen LogP contribution in [0.4, 0.5) is 0 Å². The molecule has 0 aromatic heterocycles.